The number of piperazine rings is 1. The van der Waals surface area contributed by atoms with Crippen molar-refractivity contribution in [2.75, 3.05) is 20.1 Å². The molecule has 8 heteroatoms. The summed E-state index contributed by atoms with van der Waals surface area (Å²) in [6, 6.07) is 8.56. The van der Waals surface area contributed by atoms with E-state index < -0.39 is 12.2 Å². The molecule has 4 rings (SSSR count). The molecule has 3 fully saturated rings. The van der Waals surface area contributed by atoms with Gasteiger partial charge in [-0.25, -0.2) is 19.6 Å². The Morgan fingerprint density at radius 3 is 2.48 bits per heavy atom. The summed E-state index contributed by atoms with van der Waals surface area (Å²) in [5, 5.41) is 5.83. The first-order chi connectivity index (χ1) is 15.9. The van der Waals surface area contributed by atoms with Crippen LogP contribution in [0.15, 0.2) is 30.3 Å². The van der Waals surface area contributed by atoms with Crippen LogP contribution in [0.4, 0.5) is 9.59 Å². The molecule has 1 aromatic rings. The van der Waals surface area contributed by atoms with Crippen molar-refractivity contribution < 1.29 is 14.4 Å². The van der Waals surface area contributed by atoms with Crippen LogP contribution in [0.1, 0.15) is 57.9 Å². The van der Waals surface area contributed by atoms with Crippen LogP contribution in [0, 0.1) is 11.8 Å². The summed E-state index contributed by atoms with van der Waals surface area (Å²) in [6.07, 6.45) is 6.29. The first-order valence-electron chi connectivity index (χ1n) is 12.4. The van der Waals surface area contributed by atoms with Crippen molar-refractivity contribution in [1.82, 2.24) is 25.1 Å². The minimum Gasteiger partial charge on any atom is -0.337 e. The highest BCUT2D eigenvalue weighted by molar-refractivity contribution is 5.92. The zero-order valence-electron chi connectivity index (χ0n) is 20.1. The highest BCUT2D eigenvalue weighted by Crippen LogP contribution is 2.34. The maximum atomic E-state index is 13.6. The predicted molar refractivity (Wildman–Crippen MR) is 126 cm³/mol. The molecule has 180 valence electrons. The summed E-state index contributed by atoms with van der Waals surface area (Å²) in [5.74, 6) is 0.542. The van der Waals surface area contributed by atoms with Crippen LogP contribution in [-0.2, 0) is 11.3 Å². The van der Waals surface area contributed by atoms with Crippen LogP contribution in [0.2, 0.25) is 0 Å². The largest absolute Gasteiger partial charge is 0.341 e. The fraction of sp³-hybridized carbons (Fsp3) is 0.640. The summed E-state index contributed by atoms with van der Waals surface area (Å²) in [7, 11) is 1.62. The number of nitrogens with one attached hydrogen (secondary N) is 1. The van der Waals surface area contributed by atoms with Gasteiger partial charge in [-0.15, -0.1) is 0 Å². The molecule has 0 spiro atoms. The first-order valence-corrected chi connectivity index (χ1v) is 12.4. The molecular weight excluding hydrogens is 418 g/mol. The van der Waals surface area contributed by atoms with Gasteiger partial charge in [0, 0.05) is 20.1 Å². The summed E-state index contributed by atoms with van der Waals surface area (Å²) >= 11 is 0. The van der Waals surface area contributed by atoms with E-state index >= 15 is 0 Å². The second-order valence-electron chi connectivity index (χ2n) is 9.76. The van der Waals surface area contributed by atoms with Gasteiger partial charge in [0.2, 0.25) is 5.91 Å². The lowest BCUT2D eigenvalue weighted by molar-refractivity contribution is -0.148. The lowest BCUT2D eigenvalue weighted by Crippen LogP contribution is -2.66. The van der Waals surface area contributed by atoms with Gasteiger partial charge in [-0.1, -0.05) is 69.9 Å². The number of nitrogens with zero attached hydrogens (tertiary/aromatic N) is 4. The normalized spacial score (nSPS) is 24.8. The van der Waals surface area contributed by atoms with Crippen molar-refractivity contribution in [2.45, 2.75) is 71.1 Å². The maximum absolute atomic E-state index is 13.6. The molecular formula is C25H37N5O3. The Kier molecular flexibility index (Phi) is 7.10. The maximum Gasteiger partial charge on any atom is 0.341 e. The van der Waals surface area contributed by atoms with Gasteiger partial charge < -0.3 is 10.2 Å². The fourth-order valence-corrected chi connectivity index (χ4v) is 5.48. The van der Waals surface area contributed by atoms with Crippen LogP contribution in [-0.4, -0.2) is 70.1 Å². The van der Waals surface area contributed by atoms with Crippen molar-refractivity contribution in [3.8, 4) is 0 Å². The van der Waals surface area contributed by atoms with E-state index in [2.05, 4.69) is 5.32 Å². The van der Waals surface area contributed by atoms with Crippen LogP contribution in [0.3, 0.4) is 0 Å². The summed E-state index contributed by atoms with van der Waals surface area (Å²) in [5.41, 5.74) is 0.992. The van der Waals surface area contributed by atoms with Crippen molar-refractivity contribution in [2.24, 2.45) is 11.8 Å². The van der Waals surface area contributed by atoms with Crippen molar-refractivity contribution in [1.29, 1.82) is 0 Å². The first kappa shape index (κ1) is 23.4. The summed E-state index contributed by atoms with van der Waals surface area (Å²) < 4.78 is 0. The number of carbonyl (C=O) groups is 3. The van der Waals surface area contributed by atoms with Gasteiger partial charge in [0.1, 0.15) is 12.2 Å². The second kappa shape index (κ2) is 10.0. The molecule has 3 aliphatic rings. The average Bonchev–Trinajstić information content (AvgIpc) is 3.08. The Morgan fingerprint density at radius 2 is 1.82 bits per heavy atom. The molecule has 2 heterocycles. The Balaban J connectivity index is 1.56. The SMILES string of the molecule is CCC(C)[C@H]1C(=O)N(CC2CCCCC2)C[C@H]2N1C(=O)N(C)N2C(=O)NCc1ccccc1. The molecule has 1 N–H and O–H groups in total. The van der Waals surface area contributed by atoms with E-state index in [1.54, 1.807) is 11.9 Å². The molecule has 0 radical (unpaired) electrons. The Bertz CT molecular complexity index is 857. The summed E-state index contributed by atoms with van der Waals surface area (Å²) in [6.45, 7) is 5.52. The number of amides is 5. The van der Waals surface area contributed by atoms with Gasteiger partial charge in [-0.05, 0) is 30.2 Å². The number of hydrazine groups is 1. The average molecular weight is 456 g/mol. The van der Waals surface area contributed by atoms with E-state index in [1.807, 2.05) is 49.1 Å². The number of benzene rings is 1. The molecule has 5 amide bonds. The van der Waals surface area contributed by atoms with Crippen LogP contribution in [0.25, 0.3) is 0 Å². The van der Waals surface area contributed by atoms with Gasteiger partial charge in [-0.3, -0.25) is 9.69 Å². The van der Waals surface area contributed by atoms with Crippen molar-refractivity contribution >= 4 is 18.0 Å². The lowest BCUT2D eigenvalue weighted by Gasteiger charge is -2.46. The molecule has 1 saturated carbocycles. The van der Waals surface area contributed by atoms with E-state index in [1.165, 1.54) is 29.3 Å². The predicted octanol–water partition coefficient (Wildman–Crippen LogP) is 3.64. The molecule has 0 bridgehead atoms. The molecule has 1 aromatic carbocycles. The van der Waals surface area contributed by atoms with E-state index in [4.69, 9.17) is 0 Å². The topological polar surface area (TPSA) is 76.2 Å². The van der Waals surface area contributed by atoms with Gasteiger partial charge >= 0.3 is 12.1 Å². The highest BCUT2D eigenvalue weighted by atomic mass is 16.2. The number of rotatable bonds is 6. The van der Waals surface area contributed by atoms with Crippen LogP contribution < -0.4 is 5.32 Å². The van der Waals surface area contributed by atoms with Gasteiger partial charge in [-0.2, -0.15) is 0 Å². The van der Waals surface area contributed by atoms with E-state index in [-0.39, 0.29) is 23.9 Å². The Morgan fingerprint density at radius 1 is 1.12 bits per heavy atom. The minimum atomic E-state index is -0.542. The molecule has 1 unspecified atom stereocenters. The van der Waals surface area contributed by atoms with Gasteiger partial charge in [0.15, 0.2) is 0 Å². The van der Waals surface area contributed by atoms with Crippen LogP contribution >= 0.6 is 0 Å². The quantitative estimate of drug-likeness (QED) is 0.712. The monoisotopic (exact) mass is 455 g/mol. The van der Waals surface area contributed by atoms with Crippen molar-refractivity contribution in [3.63, 3.8) is 0 Å². The number of urea groups is 2. The molecule has 33 heavy (non-hydrogen) atoms. The number of hydrogen-bond acceptors (Lipinski definition) is 3. The molecule has 2 aliphatic heterocycles. The molecule has 8 nitrogen and oxygen atoms in total. The second-order valence-corrected chi connectivity index (χ2v) is 9.76. The zero-order valence-corrected chi connectivity index (χ0v) is 20.1. The Labute approximate surface area is 196 Å². The van der Waals surface area contributed by atoms with Gasteiger partial charge in [0.25, 0.3) is 0 Å². The highest BCUT2D eigenvalue weighted by Gasteiger charge is 2.55. The van der Waals surface area contributed by atoms with Crippen LogP contribution in [0.5, 0.6) is 0 Å². The number of hydrogen-bond donors (Lipinski definition) is 1. The number of fused-ring (bicyclic) bond motifs is 1. The third-order valence-electron chi connectivity index (χ3n) is 7.55. The molecule has 0 aromatic heterocycles. The molecule has 3 atom stereocenters. The minimum absolute atomic E-state index is 0.0128. The third kappa shape index (κ3) is 4.66. The standard InChI is InChI=1S/C25H37N5O3/c1-4-18(2)22-23(31)28(16-20-13-9-6-10-14-20)17-21-29(22)25(33)27(3)30(21)24(32)26-15-19-11-7-5-8-12-19/h5,7-8,11-12,18,20-22H,4,6,9-10,13-17H2,1-3H3,(H,26,32)/t18?,21-,22-/m0/s1. The smallest absolute Gasteiger partial charge is 0.337 e. The fourth-order valence-electron chi connectivity index (χ4n) is 5.48. The van der Waals surface area contributed by atoms with Crippen molar-refractivity contribution in [3.05, 3.63) is 35.9 Å². The Hall–Kier alpha value is -2.77. The lowest BCUT2D eigenvalue weighted by atomic mass is 9.87. The molecule has 2 saturated heterocycles. The molecule has 1 aliphatic carbocycles. The van der Waals surface area contributed by atoms with E-state index in [0.717, 1.165) is 24.8 Å². The summed E-state index contributed by atoms with van der Waals surface area (Å²) in [4.78, 5) is 43.7. The third-order valence-corrected chi connectivity index (χ3v) is 7.55. The van der Waals surface area contributed by atoms with Gasteiger partial charge in [0.05, 0.1) is 6.54 Å². The number of carbonyl (C=O) groups excluding carboxylic acids is 3. The zero-order chi connectivity index (χ0) is 23.5. The van der Waals surface area contributed by atoms with E-state index in [0.29, 0.717) is 25.6 Å². The van der Waals surface area contributed by atoms with E-state index in [9.17, 15) is 14.4 Å².